The highest BCUT2D eigenvalue weighted by molar-refractivity contribution is 5.78. The first-order valence-corrected chi connectivity index (χ1v) is 6.98. The van der Waals surface area contributed by atoms with E-state index in [4.69, 9.17) is 4.74 Å². The van der Waals surface area contributed by atoms with Crippen molar-refractivity contribution in [3.8, 4) is 0 Å². The fourth-order valence-corrected chi connectivity index (χ4v) is 2.53. The number of ketones is 1. The zero-order valence-electron chi connectivity index (χ0n) is 10.9. The number of rotatable bonds is 6. The van der Waals surface area contributed by atoms with Crippen molar-refractivity contribution < 1.29 is 9.53 Å². The quantitative estimate of drug-likeness (QED) is 0.715. The fraction of sp³-hybridized carbons (Fsp3) is 0.562. The maximum absolute atomic E-state index is 11.1. The van der Waals surface area contributed by atoms with Crippen LogP contribution in [-0.4, -0.2) is 12.4 Å². The van der Waals surface area contributed by atoms with Gasteiger partial charge in [0.05, 0.1) is 6.61 Å². The number of carbonyl (C=O) groups excluding carboxylic acids is 1. The number of benzene rings is 1. The maximum Gasteiger partial charge on any atom is 0.132 e. The molecule has 1 fully saturated rings. The first kappa shape index (κ1) is 13.3. The van der Waals surface area contributed by atoms with Crippen LogP contribution in [0.15, 0.2) is 30.3 Å². The van der Waals surface area contributed by atoms with Crippen LogP contribution in [0, 0.1) is 5.92 Å². The van der Waals surface area contributed by atoms with Gasteiger partial charge in [0.15, 0.2) is 0 Å². The summed E-state index contributed by atoms with van der Waals surface area (Å²) in [5.74, 6) is 1.20. The van der Waals surface area contributed by atoms with Gasteiger partial charge in [-0.2, -0.15) is 0 Å². The molecule has 1 saturated carbocycles. The lowest BCUT2D eigenvalue weighted by Gasteiger charge is -2.20. The van der Waals surface area contributed by atoms with Crippen LogP contribution in [0.3, 0.4) is 0 Å². The first-order chi connectivity index (χ1) is 8.84. The van der Waals surface area contributed by atoms with Crippen LogP contribution < -0.4 is 0 Å². The van der Waals surface area contributed by atoms with Crippen LogP contribution >= 0.6 is 0 Å². The first-order valence-electron chi connectivity index (χ1n) is 6.98. The van der Waals surface area contributed by atoms with Crippen LogP contribution in [0.2, 0.25) is 0 Å². The molecule has 1 aliphatic carbocycles. The summed E-state index contributed by atoms with van der Waals surface area (Å²) in [6, 6.07) is 10.3. The molecule has 2 rings (SSSR count). The number of ether oxygens (including phenoxy) is 1. The molecule has 0 aliphatic heterocycles. The van der Waals surface area contributed by atoms with E-state index in [2.05, 4.69) is 12.1 Å². The number of hydrogen-bond acceptors (Lipinski definition) is 2. The van der Waals surface area contributed by atoms with Gasteiger partial charge >= 0.3 is 0 Å². The van der Waals surface area contributed by atoms with Gasteiger partial charge in [0, 0.05) is 19.4 Å². The van der Waals surface area contributed by atoms with Crippen molar-refractivity contribution in [2.24, 2.45) is 5.92 Å². The minimum atomic E-state index is 0.451. The van der Waals surface area contributed by atoms with Crippen molar-refractivity contribution in [2.45, 2.75) is 45.1 Å². The SMILES string of the molecule is O=C1CCC(CCCOCc2ccccc2)CC1. The Balaban J connectivity index is 1.52. The molecule has 2 heteroatoms. The van der Waals surface area contributed by atoms with Crippen molar-refractivity contribution in [2.75, 3.05) is 6.61 Å². The van der Waals surface area contributed by atoms with Gasteiger partial charge in [-0.25, -0.2) is 0 Å². The Hall–Kier alpha value is -1.15. The van der Waals surface area contributed by atoms with E-state index in [1.54, 1.807) is 0 Å². The Morgan fingerprint density at radius 3 is 2.56 bits per heavy atom. The second-order valence-electron chi connectivity index (χ2n) is 5.16. The highest BCUT2D eigenvalue weighted by Crippen LogP contribution is 2.25. The Labute approximate surface area is 109 Å². The molecule has 2 nitrogen and oxygen atoms in total. The summed E-state index contributed by atoms with van der Waals surface area (Å²) in [6.45, 7) is 1.54. The van der Waals surface area contributed by atoms with Gasteiger partial charge in [0.2, 0.25) is 0 Å². The standard InChI is InChI=1S/C16H22O2/c17-16-10-8-14(9-11-16)7-4-12-18-13-15-5-2-1-3-6-15/h1-3,5-6,14H,4,7-13H2. The summed E-state index contributed by atoms with van der Waals surface area (Å²) in [7, 11) is 0. The van der Waals surface area contributed by atoms with Gasteiger partial charge in [-0.05, 0) is 37.2 Å². The lowest BCUT2D eigenvalue weighted by molar-refractivity contribution is -0.121. The van der Waals surface area contributed by atoms with E-state index in [9.17, 15) is 4.79 Å². The molecule has 0 N–H and O–H groups in total. The molecular formula is C16H22O2. The largest absolute Gasteiger partial charge is 0.377 e. The van der Waals surface area contributed by atoms with E-state index >= 15 is 0 Å². The lowest BCUT2D eigenvalue weighted by Crippen LogP contribution is -2.14. The molecule has 0 unspecified atom stereocenters. The smallest absolute Gasteiger partial charge is 0.132 e. The third kappa shape index (κ3) is 4.61. The zero-order valence-corrected chi connectivity index (χ0v) is 10.9. The molecule has 0 saturated heterocycles. The van der Waals surface area contributed by atoms with Crippen LogP contribution in [0.4, 0.5) is 0 Å². The van der Waals surface area contributed by atoms with E-state index in [1.165, 1.54) is 12.0 Å². The minimum Gasteiger partial charge on any atom is -0.377 e. The van der Waals surface area contributed by atoms with Gasteiger partial charge in [0.1, 0.15) is 5.78 Å². The van der Waals surface area contributed by atoms with E-state index in [-0.39, 0.29) is 0 Å². The van der Waals surface area contributed by atoms with Crippen LogP contribution in [0.5, 0.6) is 0 Å². The summed E-state index contributed by atoms with van der Waals surface area (Å²) < 4.78 is 5.66. The fourth-order valence-electron chi connectivity index (χ4n) is 2.53. The van der Waals surface area contributed by atoms with Crippen molar-refractivity contribution in [1.82, 2.24) is 0 Å². The second-order valence-corrected chi connectivity index (χ2v) is 5.16. The molecule has 0 radical (unpaired) electrons. The average molecular weight is 246 g/mol. The van der Waals surface area contributed by atoms with E-state index < -0.39 is 0 Å². The third-order valence-corrected chi connectivity index (χ3v) is 3.68. The van der Waals surface area contributed by atoms with E-state index in [0.29, 0.717) is 12.4 Å². The molecule has 0 heterocycles. The minimum absolute atomic E-state index is 0.451. The molecule has 0 bridgehead atoms. The van der Waals surface area contributed by atoms with E-state index in [0.717, 1.165) is 44.6 Å². The molecule has 1 aromatic carbocycles. The molecule has 0 spiro atoms. The van der Waals surface area contributed by atoms with Gasteiger partial charge in [0.25, 0.3) is 0 Å². The van der Waals surface area contributed by atoms with Gasteiger partial charge in [-0.3, -0.25) is 4.79 Å². The van der Waals surface area contributed by atoms with Crippen molar-refractivity contribution in [3.05, 3.63) is 35.9 Å². The Morgan fingerprint density at radius 1 is 1.11 bits per heavy atom. The van der Waals surface area contributed by atoms with E-state index in [1.807, 2.05) is 18.2 Å². The molecule has 0 amide bonds. The van der Waals surface area contributed by atoms with Gasteiger partial charge in [-0.1, -0.05) is 30.3 Å². The monoisotopic (exact) mass is 246 g/mol. The lowest BCUT2D eigenvalue weighted by atomic mass is 9.85. The molecule has 98 valence electrons. The molecule has 18 heavy (non-hydrogen) atoms. The summed E-state index contributed by atoms with van der Waals surface area (Å²) in [5, 5.41) is 0. The molecular weight excluding hydrogens is 224 g/mol. The predicted octanol–water partition coefficient (Wildman–Crippen LogP) is 3.74. The Bertz CT molecular complexity index is 349. The molecule has 1 aliphatic rings. The topological polar surface area (TPSA) is 26.3 Å². The van der Waals surface area contributed by atoms with Crippen LogP contribution in [0.1, 0.15) is 44.1 Å². The van der Waals surface area contributed by atoms with Gasteiger partial charge < -0.3 is 4.74 Å². The van der Waals surface area contributed by atoms with Crippen LogP contribution in [-0.2, 0) is 16.1 Å². The van der Waals surface area contributed by atoms with Crippen molar-refractivity contribution >= 4 is 5.78 Å². The zero-order chi connectivity index (χ0) is 12.6. The third-order valence-electron chi connectivity index (χ3n) is 3.68. The summed E-state index contributed by atoms with van der Waals surface area (Å²) in [5.41, 5.74) is 1.24. The Morgan fingerprint density at radius 2 is 1.83 bits per heavy atom. The van der Waals surface area contributed by atoms with Crippen molar-refractivity contribution in [1.29, 1.82) is 0 Å². The number of Topliss-reactive ketones (excluding diaryl/α,β-unsaturated/α-hetero) is 1. The summed E-state index contributed by atoms with van der Waals surface area (Å²) in [4.78, 5) is 11.1. The highest BCUT2D eigenvalue weighted by Gasteiger charge is 2.17. The summed E-state index contributed by atoms with van der Waals surface area (Å²) >= 11 is 0. The number of carbonyl (C=O) groups is 1. The Kier molecular flexibility index (Phi) is 5.40. The molecule has 0 aromatic heterocycles. The second kappa shape index (κ2) is 7.32. The number of hydrogen-bond donors (Lipinski definition) is 0. The van der Waals surface area contributed by atoms with Crippen molar-refractivity contribution in [3.63, 3.8) is 0 Å². The average Bonchev–Trinajstić information content (AvgIpc) is 2.42. The predicted molar refractivity (Wildman–Crippen MR) is 72.3 cm³/mol. The maximum atomic E-state index is 11.1. The van der Waals surface area contributed by atoms with Crippen LogP contribution in [0.25, 0.3) is 0 Å². The summed E-state index contributed by atoms with van der Waals surface area (Å²) in [6.07, 6.45) is 6.12. The van der Waals surface area contributed by atoms with Gasteiger partial charge in [-0.15, -0.1) is 0 Å². The highest BCUT2D eigenvalue weighted by atomic mass is 16.5. The normalized spacial score (nSPS) is 17.0. The molecule has 1 aromatic rings. The molecule has 0 atom stereocenters.